The van der Waals surface area contributed by atoms with Crippen LogP contribution in [0.1, 0.15) is 57.3 Å². The summed E-state index contributed by atoms with van der Waals surface area (Å²) in [6, 6.07) is 17.5. The summed E-state index contributed by atoms with van der Waals surface area (Å²) in [4.78, 5) is 32.6. The maximum absolute atomic E-state index is 13.5. The molecule has 0 radical (unpaired) electrons. The maximum Gasteiger partial charge on any atom is 0.410 e. The van der Waals surface area contributed by atoms with Crippen molar-refractivity contribution in [1.29, 1.82) is 0 Å². The molecule has 1 saturated heterocycles. The van der Waals surface area contributed by atoms with Crippen LogP contribution in [-0.2, 0) is 4.74 Å². The number of benzene rings is 2. The van der Waals surface area contributed by atoms with Crippen molar-refractivity contribution in [2.75, 3.05) is 19.7 Å². The highest BCUT2D eigenvalue weighted by Gasteiger charge is 2.50. The molecule has 1 aliphatic heterocycles. The fraction of sp³-hybridized carbons (Fsp3) is 0.433. The van der Waals surface area contributed by atoms with Gasteiger partial charge in [-0.2, -0.15) is 0 Å². The van der Waals surface area contributed by atoms with Crippen LogP contribution in [0.25, 0.3) is 22.2 Å². The normalized spacial score (nSPS) is 21.1. The van der Waals surface area contributed by atoms with Gasteiger partial charge in [0, 0.05) is 30.1 Å². The SMILES string of the molecule is CCOc1ccc(-c2cc(C(=O)NC3CC4(CCN(C(=O)OC(C)(C)C)C4)C3)c3ccccc3n2)cc1. The average Bonchev–Trinajstić information content (AvgIpc) is 3.29. The second kappa shape index (κ2) is 9.69. The van der Waals surface area contributed by atoms with Gasteiger partial charge in [0.15, 0.2) is 0 Å². The van der Waals surface area contributed by atoms with Crippen LogP contribution in [-0.4, -0.2) is 53.2 Å². The molecule has 1 aliphatic carbocycles. The number of hydrogen-bond donors (Lipinski definition) is 1. The zero-order valence-corrected chi connectivity index (χ0v) is 22.0. The maximum atomic E-state index is 13.5. The molecule has 1 saturated carbocycles. The van der Waals surface area contributed by atoms with Gasteiger partial charge in [-0.15, -0.1) is 0 Å². The third kappa shape index (κ3) is 5.41. The number of carbonyl (C=O) groups excluding carboxylic acids is 2. The Kier molecular flexibility index (Phi) is 6.56. The standard InChI is InChI=1S/C30H35N3O4/c1-5-36-22-12-10-20(11-13-22)26-16-24(23-8-6-7-9-25(23)32-26)27(34)31-21-17-30(18-21)14-15-33(19-30)28(35)37-29(2,3)4/h6-13,16,21H,5,14-15,17-19H2,1-4H3,(H,31,34). The first kappa shape index (κ1) is 25.1. The van der Waals surface area contributed by atoms with Crippen molar-refractivity contribution in [2.45, 2.75) is 58.6 Å². The Morgan fingerprint density at radius 1 is 1.11 bits per heavy atom. The Hall–Kier alpha value is -3.61. The second-order valence-electron chi connectivity index (χ2n) is 11.3. The van der Waals surface area contributed by atoms with Gasteiger partial charge in [0.1, 0.15) is 11.4 Å². The number of nitrogens with one attached hydrogen (secondary N) is 1. The van der Waals surface area contributed by atoms with Crippen LogP contribution >= 0.6 is 0 Å². The number of ether oxygens (including phenoxy) is 2. The number of amides is 2. The van der Waals surface area contributed by atoms with Crippen molar-refractivity contribution < 1.29 is 19.1 Å². The Labute approximate surface area is 218 Å². The minimum atomic E-state index is -0.500. The molecule has 0 unspecified atom stereocenters. The van der Waals surface area contributed by atoms with Crippen molar-refractivity contribution in [3.63, 3.8) is 0 Å². The van der Waals surface area contributed by atoms with Crippen molar-refractivity contribution in [3.05, 3.63) is 60.2 Å². The number of hydrogen-bond acceptors (Lipinski definition) is 5. The van der Waals surface area contributed by atoms with Crippen LogP contribution in [0.4, 0.5) is 4.79 Å². The van der Waals surface area contributed by atoms with E-state index in [0.29, 0.717) is 25.3 Å². The van der Waals surface area contributed by atoms with E-state index in [1.54, 1.807) is 0 Å². The number of rotatable bonds is 5. The van der Waals surface area contributed by atoms with E-state index in [0.717, 1.165) is 47.2 Å². The highest BCUT2D eigenvalue weighted by molar-refractivity contribution is 6.07. The van der Waals surface area contributed by atoms with Gasteiger partial charge in [0.05, 0.1) is 23.4 Å². The van der Waals surface area contributed by atoms with Gasteiger partial charge in [-0.25, -0.2) is 9.78 Å². The number of nitrogens with zero attached hydrogens (tertiary/aromatic N) is 2. The van der Waals surface area contributed by atoms with Gasteiger partial charge in [-0.3, -0.25) is 4.79 Å². The molecule has 0 bridgehead atoms. The van der Waals surface area contributed by atoms with Crippen molar-refractivity contribution in [1.82, 2.24) is 15.2 Å². The highest BCUT2D eigenvalue weighted by Crippen LogP contribution is 2.48. The number of pyridine rings is 1. The Bertz CT molecular complexity index is 1310. The van der Waals surface area contributed by atoms with E-state index >= 15 is 0 Å². The molecule has 2 aliphatic rings. The zero-order chi connectivity index (χ0) is 26.2. The lowest BCUT2D eigenvalue weighted by Gasteiger charge is -2.45. The van der Waals surface area contributed by atoms with Crippen molar-refractivity contribution >= 4 is 22.9 Å². The fourth-order valence-corrected chi connectivity index (χ4v) is 5.50. The molecule has 37 heavy (non-hydrogen) atoms. The largest absolute Gasteiger partial charge is 0.494 e. The number of aromatic nitrogens is 1. The lowest BCUT2D eigenvalue weighted by Crippen LogP contribution is -2.52. The lowest BCUT2D eigenvalue weighted by molar-refractivity contribution is 0.0215. The smallest absolute Gasteiger partial charge is 0.410 e. The van der Waals surface area contributed by atoms with E-state index in [1.165, 1.54) is 0 Å². The molecule has 1 N–H and O–H groups in total. The fourth-order valence-electron chi connectivity index (χ4n) is 5.50. The van der Waals surface area contributed by atoms with E-state index in [2.05, 4.69) is 5.32 Å². The Balaban J connectivity index is 1.29. The minimum absolute atomic E-state index is 0.0721. The van der Waals surface area contributed by atoms with E-state index in [9.17, 15) is 9.59 Å². The van der Waals surface area contributed by atoms with Crippen LogP contribution in [0, 0.1) is 5.41 Å². The monoisotopic (exact) mass is 501 g/mol. The van der Waals surface area contributed by atoms with Crippen molar-refractivity contribution in [2.24, 2.45) is 5.41 Å². The van der Waals surface area contributed by atoms with E-state index < -0.39 is 5.60 Å². The summed E-state index contributed by atoms with van der Waals surface area (Å²) in [5.41, 5.74) is 2.66. The molecule has 2 fully saturated rings. The second-order valence-corrected chi connectivity index (χ2v) is 11.3. The van der Waals surface area contributed by atoms with Gasteiger partial charge in [-0.05, 0) is 88.8 Å². The third-order valence-corrected chi connectivity index (χ3v) is 7.21. The minimum Gasteiger partial charge on any atom is -0.494 e. The van der Waals surface area contributed by atoms with Crippen LogP contribution in [0.15, 0.2) is 54.6 Å². The lowest BCUT2D eigenvalue weighted by atomic mass is 9.65. The first-order chi connectivity index (χ1) is 17.6. The Morgan fingerprint density at radius 3 is 2.54 bits per heavy atom. The molecule has 2 amide bonds. The molecule has 2 aromatic carbocycles. The number of likely N-dealkylation sites (tertiary alicyclic amines) is 1. The average molecular weight is 502 g/mol. The van der Waals surface area contributed by atoms with Gasteiger partial charge in [-0.1, -0.05) is 18.2 Å². The zero-order valence-electron chi connectivity index (χ0n) is 22.0. The van der Waals surface area contributed by atoms with Gasteiger partial charge in [0.25, 0.3) is 5.91 Å². The molecule has 7 heteroatoms. The predicted octanol–water partition coefficient (Wildman–Crippen LogP) is 5.82. The molecule has 1 aromatic heterocycles. The van der Waals surface area contributed by atoms with E-state index in [1.807, 2.05) is 87.2 Å². The van der Waals surface area contributed by atoms with Crippen LogP contribution < -0.4 is 10.1 Å². The summed E-state index contributed by atoms with van der Waals surface area (Å²) in [7, 11) is 0. The summed E-state index contributed by atoms with van der Waals surface area (Å²) in [5, 5.41) is 4.08. The molecule has 3 aromatic rings. The topological polar surface area (TPSA) is 80.8 Å². The van der Waals surface area contributed by atoms with Gasteiger partial charge >= 0.3 is 6.09 Å². The molecule has 5 rings (SSSR count). The summed E-state index contributed by atoms with van der Waals surface area (Å²) < 4.78 is 11.1. The van der Waals surface area contributed by atoms with Crippen molar-refractivity contribution in [3.8, 4) is 17.0 Å². The summed E-state index contributed by atoms with van der Waals surface area (Å²) in [6.45, 7) is 9.61. The highest BCUT2D eigenvalue weighted by atomic mass is 16.6. The summed E-state index contributed by atoms with van der Waals surface area (Å²) in [6.07, 6.45) is 2.43. The molecule has 2 heterocycles. The molecule has 7 nitrogen and oxygen atoms in total. The predicted molar refractivity (Wildman–Crippen MR) is 144 cm³/mol. The molecule has 0 atom stereocenters. The quantitative estimate of drug-likeness (QED) is 0.476. The number of carbonyl (C=O) groups is 2. The number of fused-ring (bicyclic) bond motifs is 1. The van der Waals surface area contributed by atoms with Gasteiger partial charge < -0.3 is 19.7 Å². The molecule has 1 spiro atoms. The van der Waals surface area contributed by atoms with Crippen LogP contribution in [0.5, 0.6) is 5.75 Å². The summed E-state index contributed by atoms with van der Waals surface area (Å²) in [5.74, 6) is 0.716. The van der Waals surface area contributed by atoms with E-state index in [-0.39, 0.29) is 23.5 Å². The molecule has 194 valence electrons. The first-order valence-corrected chi connectivity index (χ1v) is 13.1. The van der Waals surface area contributed by atoms with Gasteiger partial charge in [0.2, 0.25) is 0 Å². The molecular formula is C30H35N3O4. The number of para-hydroxylation sites is 1. The Morgan fingerprint density at radius 2 is 1.84 bits per heavy atom. The first-order valence-electron chi connectivity index (χ1n) is 13.1. The molecular weight excluding hydrogens is 466 g/mol. The van der Waals surface area contributed by atoms with E-state index in [4.69, 9.17) is 14.5 Å². The van der Waals surface area contributed by atoms with Crippen LogP contribution in [0.2, 0.25) is 0 Å². The summed E-state index contributed by atoms with van der Waals surface area (Å²) >= 11 is 0. The van der Waals surface area contributed by atoms with Crippen LogP contribution in [0.3, 0.4) is 0 Å². The third-order valence-electron chi connectivity index (χ3n) is 7.21.